The van der Waals surface area contributed by atoms with Gasteiger partial charge in [-0.1, -0.05) is 0 Å². The van der Waals surface area contributed by atoms with Crippen molar-refractivity contribution in [2.45, 2.75) is 6.92 Å². The third-order valence-electron chi connectivity index (χ3n) is 2.56. The summed E-state index contributed by atoms with van der Waals surface area (Å²) in [6.45, 7) is 1.90. The first kappa shape index (κ1) is 10.5. The van der Waals surface area contributed by atoms with Crippen molar-refractivity contribution in [3.63, 3.8) is 0 Å². The van der Waals surface area contributed by atoms with E-state index in [4.69, 9.17) is 10.5 Å². The average molecular weight is 218 g/mol. The summed E-state index contributed by atoms with van der Waals surface area (Å²) >= 11 is 0. The fourth-order valence-electron chi connectivity index (χ4n) is 1.54. The molecule has 0 unspecified atom stereocenters. The molecule has 1 aromatic carbocycles. The Morgan fingerprint density at radius 2 is 2.06 bits per heavy atom. The summed E-state index contributed by atoms with van der Waals surface area (Å²) in [6, 6.07) is 5.46. The molecule has 0 saturated carbocycles. The van der Waals surface area contributed by atoms with Gasteiger partial charge in [-0.15, -0.1) is 10.2 Å². The summed E-state index contributed by atoms with van der Waals surface area (Å²) in [5, 5.41) is 8.13. The molecule has 0 amide bonds. The largest absolute Gasteiger partial charge is 0.496 e. The molecule has 0 saturated heterocycles. The van der Waals surface area contributed by atoms with Gasteiger partial charge in [0.15, 0.2) is 5.82 Å². The second-order valence-electron chi connectivity index (χ2n) is 3.59. The number of ether oxygens (including phenoxy) is 1. The summed E-state index contributed by atoms with van der Waals surface area (Å²) in [6.07, 6.45) is 0. The van der Waals surface area contributed by atoms with Crippen LogP contribution in [0.3, 0.4) is 0 Å². The maximum Gasteiger partial charge on any atom is 0.167 e. The Hall–Kier alpha value is -2.04. The molecule has 5 nitrogen and oxygen atoms in total. The predicted octanol–water partition coefficient (Wildman–Crippen LogP) is 1.38. The smallest absolute Gasteiger partial charge is 0.167 e. The van der Waals surface area contributed by atoms with Gasteiger partial charge in [0, 0.05) is 12.7 Å². The second kappa shape index (κ2) is 3.84. The van der Waals surface area contributed by atoms with Crippen LogP contribution in [0.5, 0.6) is 5.75 Å². The molecule has 1 aromatic heterocycles. The molecule has 2 aromatic rings. The maximum atomic E-state index is 5.76. The topological polar surface area (TPSA) is 66.0 Å². The Morgan fingerprint density at radius 1 is 1.31 bits per heavy atom. The summed E-state index contributed by atoms with van der Waals surface area (Å²) < 4.78 is 7.18. The lowest BCUT2D eigenvalue weighted by molar-refractivity contribution is 0.416. The number of nitrogen functional groups attached to an aromatic ring is 1. The van der Waals surface area contributed by atoms with Crippen molar-refractivity contribution < 1.29 is 4.74 Å². The standard InChI is InChI=1S/C11H14N4O/c1-7-13-14-11(15(7)2)9-6-8(12)4-5-10(9)16-3/h4-6H,12H2,1-3H3. The molecule has 1 heterocycles. The van der Waals surface area contributed by atoms with Crippen LogP contribution in [0.2, 0.25) is 0 Å². The van der Waals surface area contributed by atoms with Gasteiger partial charge < -0.3 is 15.0 Å². The highest BCUT2D eigenvalue weighted by Crippen LogP contribution is 2.30. The molecule has 2 N–H and O–H groups in total. The highest BCUT2D eigenvalue weighted by Gasteiger charge is 2.13. The van der Waals surface area contributed by atoms with Crippen LogP contribution >= 0.6 is 0 Å². The van der Waals surface area contributed by atoms with Gasteiger partial charge >= 0.3 is 0 Å². The molecule has 16 heavy (non-hydrogen) atoms. The number of nitrogens with two attached hydrogens (primary N) is 1. The average Bonchev–Trinajstić information content (AvgIpc) is 2.60. The Morgan fingerprint density at radius 3 is 2.62 bits per heavy atom. The van der Waals surface area contributed by atoms with E-state index in [1.165, 1.54) is 0 Å². The first-order chi connectivity index (χ1) is 7.63. The van der Waals surface area contributed by atoms with E-state index in [1.54, 1.807) is 13.2 Å². The molecule has 5 heteroatoms. The molecule has 2 rings (SSSR count). The number of hydrogen-bond acceptors (Lipinski definition) is 4. The Bertz CT molecular complexity index is 519. The van der Waals surface area contributed by atoms with Gasteiger partial charge in [0.2, 0.25) is 0 Å². The summed E-state index contributed by atoms with van der Waals surface area (Å²) in [5.41, 5.74) is 7.29. The molecule has 0 bridgehead atoms. The molecule has 0 aliphatic rings. The minimum Gasteiger partial charge on any atom is -0.496 e. The fraction of sp³-hybridized carbons (Fsp3) is 0.273. The van der Waals surface area contributed by atoms with Gasteiger partial charge in [0.05, 0.1) is 12.7 Å². The van der Waals surface area contributed by atoms with Gasteiger partial charge in [-0.2, -0.15) is 0 Å². The second-order valence-corrected chi connectivity index (χ2v) is 3.59. The zero-order chi connectivity index (χ0) is 11.7. The summed E-state index contributed by atoms with van der Waals surface area (Å²) in [4.78, 5) is 0. The fourth-order valence-corrected chi connectivity index (χ4v) is 1.54. The number of aryl methyl sites for hydroxylation is 1. The van der Waals surface area contributed by atoms with Crippen molar-refractivity contribution in [2.24, 2.45) is 7.05 Å². The third kappa shape index (κ3) is 1.60. The van der Waals surface area contributed by atoms with Crippen molar-refractivity contribution in [3.8, 4) is 17.1 Å². The number of benzene rings is 1. The minimum absolute atomic E-state index is 0.677. The van der Waals surface area contributed by atoms with Crippen LogP contribution in [0.25, 0.3) is 11.4 Å². The first-order valence-electron chi connectivity index (χ1n) is 4.93. The molecule has 0 atom stereocenters. The molecule has 0 spiro atoms. The van der Waals surface area contributed by atoms with Crippen molar-refractivity contribution in [2.75, 3.05) is 12.8 Å². The Labute approximate surface area is 93.9 Å². The predicted molar refractivity (Wildman–Crippen MR) is 62.1 cm³/mol. The van der Waals surface area contributed by atoms with Crippen molar-refractivity contribution in [3.05, 3.63) is 24.0 Å². The first-order valence-corrected chi connectivity index (χ1v) is 4.93. The van der Waals surface area contributed by atoms with Crippen LogP contribution in [0.1, 0.15) is 5.82 Å². The molecule has 0 aliphatic heterocycles. The van der Waals surface area contributed by atoms with E-state index in [1.807, 2.05) is 30.7 Å². The number of rotatable bonds is 2. The van der Waals surface area contributed by atoms with E-state index in [0.717, 1.165) is 23.0 Å². The van der Waals surface area contributed by atoms with E-state index >= 15 is 0 Å². The maximum absolute atomic E-state index is 5.76. The quantitative estimate of drug-likeness (QED) is 0.773. The van der Waals surface area contributed by atoms with E-state index in [-0.39, 0.29) is 0 Å². The Kier molecular flexibility index (Phi) is 2.52. The van der Waals surface area contributed by atoms with E-state index in [0.29, 0.717) is 5.69 Å². The summed E-state index contributed by atoms with van der Waals surface area (Å²) in [5.74, 6) is 2.34. The number of anilines is 1. The van der Waals surface area contributed by atoms with Gasteiger partial charge in [-0.05, 0) is 25.1 Å². The van der Waals surface area contributed by atoms with E-state index in [2.05, 4.69) is 10.2 Å². The van der Waals surface area contributed by atoms with Crippen molar-refractivity contribution in [1.82, 2.24) is 14.8 Å². The van der Waals surface area contributed by atoms with Crippen LogP contribution in [0.4, 0.5) is 5.69 Å². The molecule has 0 fully saturated rings. The highest BCUT2D eigenvalue weighted by molar-refractivity contribution is 5.69. The number of methoxy groups -OCH3 is 1. The lowest BCUT2D eigenvalue weighted by atomic mass is 10.1. The lowest BCUT2D eigenvalue weighted by Crippen LogP contribution is -1.98. The van der Waals surface area contributed by atoms with Gasteiger partial charge in [0.25, 0.3) is 0 Å². The zero-order valence-corrected chi connectivity index (χ0v) is 9.56. The number of nitrogens with zero attached hydrogens (tertiary/aromatic N) is 3. The molecule has 0 radical (unpaired) electrons. The summed E-state index contributed by atoms with van der Waals surface area (Å²) in [7, 11) is 3.53. The van der Waals surface area contributed by atoms with Crippen LogP contribution in [0.15, 0.2) is 18.2 Å². The monoisotopic (exact) mass is 218 g/mol. The number of aromatic nitrogens is 3. The SMILES string of the molecule is COc1ccc(N)cc1-c1nnc(C)n1C. The minimum atomic E-state index is 0.677. The van der Waals surface area contributed by atoms with Crippen LogP contribution < -0.4 is 10.5 Å². The highest BCUT2D eigenvalue weighted by atomic mass is 16.5. The van der Waals surface area contributed by atoms with Crippen molar-refractivity contribution in [1.29, 1.82) is 0 Å². The molecular formula is C11H14N4O. The molecule has 0 aliphatic carbocycles. The lowest BCUT2D eigenvalue weighted by Gasteiger charge is -2.08. The van der Waals surface area contributed by atoms with Crippen LogP contribution in [-0.2, 0) is 7.05 Å². The van der Waals surface area contributed by atoms with Gasteiger partial charge in [0.1, 0.15) is 11.6 Å². The molecular weight excluding hydrogens is 204 g/mol. The van der Waals surface area contributed by atoms with Crippen molar-refractivity contribution >= 4 is 5.69 Å². The van der Waals surface area contributed by atoms with Gasteiger partial charge in [-0.3, -0.25) is 0 Å². The zero-order valence-electron chi connectivity index (χ0n) is 9.56. The molecule has 84 valence electrons. The number of hydrogen-bond donors (Lipinski definition) is 1. The van der Waals surface area contributed by atoms with E-state index in [9.17, 15) is 0 Å². The third-order valence-corrected chi connectivity index (χ3v) is 2.56. The Balaban J connectivity index is 2.62. The van der Waals surface area contributed by atoms with Gasteiger partial charge in [-0.25, -0.2) is 0 Å². The normalized spacial score (nSPS) is 10.4. The van der Waals surface area contributed by atoms with E-state index < -0.39 is 0 Å². The van der Waals surface area contributed by atoms with Crippen LogP contribution in [0, 0.1) is 6.92 Å². The van der Waals surface area contributed by atoms with Crippen LogP contribution in [-0.4, -0.2) is 21.9 Å².